The number of hydrogen-bond donors (Lipinski definition) is 7. The van der Waals surface area contributed by atoms with Crippen LogP contribution in [0.4, 0.5) is 10.5 Å². The van der Waals surface area contributed by atoms with Gasteiger partial charge in [0.2, 0.25) is 17.6 Å². The Morgan fingerprint density at radius 1 is 0.865 bits per heavy atom. The van der Waals surface area contributed by atoms with E-state index in [0.29, 0.717) is 36.5 Å². The van der Waals surface area contributed by atoms with Crippen LogP contribution in [0.2, 0.25) is 0 Å². The average molecular weight is 708 g/mol. The van der Waals surface area contributed by atoms with Crippen LogP contribution < -0.4 is 26.6 Å². The molecular weight excluding hydrogens is 662 g/mol. The van der Waals surface area contributed by atoms with Crippen molar-refractivity contribution in [3.05, 3.63) is 83.4 Å². The summed E-state index contributed by atoms with van der Waals surface area (Å²) in [5.74, 6) is -0.275. The number of piperidine rings is 1. The fraction of sp³-hybridized carbons (Fsp3) is 0.395. The highest BCUT2D eigenvalue weighted by Crippen LogP contribution is 2.29. The monoisotopic (exact) mass is 707 g/mol. The fourth-order valence-electron chi connectivity index (χ4n) is 6.96. The van der Waals surface area contributed by atoms with Crippen molar-refractivity contribution >= 4 is 29.5 Å². The van der Waals surface area contributed by atoms with Crippen molar-refractivity contribution < 1.29 is 24.3 Å². The highest BCUT2D eigenvalue weighted by atomic mass is 16.4. The lowest BCUT2D eigenvalue weighted by atomic mass is 9.81. The molecule has 0 spiro atoms. The first-order valence-corrected chi connectivity index (χ1v) is 17.8. The normalized spacial score (nSPS) is 18.2. The van der Waals surface area contributed by atoms with E-state index in [9.17, 15) is 19.2 Å². The van der Waals surface area contributed by atoms with Gasteiger partial charge in [-0.1, -0.05) is 30.3 Å². The van der Waals surface area contributed by atoms with E-state index in [4.69, 9.17) is 5.11 Å². The molecule has 1 aliphatic carbocycles. The SMILES string of the molecule is Cc1cc(C(=O)NC2CCNCC2)cc(-c2ccc(C[C@H](NC(=O)[C@H]3CC[C@H](CNC(=O)O)CC3)C(=O)Nc3ccc(-c4nn[nH]n4)cc3)cc2)c1. The highest BCUT2D eigenvalue weighted by Gasteiger charge is 2.30. The molecular formula is C38H45N9O5. The van der Waals surface area contributed by atoms with Gasteiger partial charge < -0.3 is 31.7 Å². The van der Waals surface area contributed by atoms with E-state index in [1.165, 1.54) is 0 Å². The Bertz CT molecular complexity index is 1830. The van der Waals surface area contributed by atoms with Gasteiger partial charge in [-0.05, 0) is 128 Å². The number of tetrazole rings is 1. The van der Waals surface area contributed by atoms with Crippen LogP contribution in [-0.4, -0.2) is 81.3 Å². The summed E-state index contributed by atoms with van der Waals surface area (Å²) in [5, 5.41) is 37.8. The largest absolute Gasteiger partial charge is 0.465 e. The summed E-state index contributed by atoms with van der Waals surface area (Å²) >= 11 is 0. The quantitative estimate of drug-likeness (QED) is 0.113. The van der Waals surface area contributed by atoms with Crippen LogP contribution in [0.25, 0.3) is 22.5 Å². The minimum Gasteiger partial charge on any atom is -0.465 e. The van der Waals surface area contributed by atoms with E-state index >= 15 is 0 Å². The zero-order valence-corrected chi connectivity index (χ0v) is 29.2. The first-order valence-electron chi connectivity index (χ1n) is 17.8. The summed E-state index contributed by atoms with van der Waals surface area (Å²) < 4.78 is 0. The van der Waals surface area contributed by atoms with E-state index in [1.807, 2.05) is 49.4 Å². The standard InChI is InChI=1S/C38H45N9O5/c1-23-18-29(21-30(19-23)36(49)41-32-14-16-39-17-15-32)26-6-2-24(3-7-26)20-33(43-35(48)28-8-4-25(5-9-28)22-40-38(51)52)37(50)42-31-12-10-27(11-13-31)34-44-46-47-45-34/h2-3,6-7,10-13,18-19,21,25,28,32-33,39-40H,4-5,8-9,14-17,20,22H2,1H3,(H,41,49)(H,42,50)(H,43,48)(H,51,52)(H,44,45,46,47)/t25-,28-,33-/m0/s1. The van der Waals surface area contributed by atoms with Crippen molar-refractivity contribution in [3.63, 3.8) is 0 Å². The molecule has 1 saturated heterocycles. The number of hydrogen-bond acceptors (Lipinski definition) is 8. The zero-order valence-electron chi connectivity index (χ0n) is 29.2. The third-order valence-electron chi connectivity index (χ3n) is 9.89. The molecule has 3 aromatic carbocycles. The molecule has 14 heteroatoms. The fourth-order valence-corrected chi connectivity index (χ4v) is 6.96. The molecule has 1 aromatic heterocycles. The van der Waals surface area contributed by atoms with E-state index in [2.05, 4.69) is 47.2 Å². The van der Waals surface area contributed by atoms with Crippen LogP contribution >= 0.6 is 0 Å². The molecule has 1 aliphatic heterocycles. The van der Waals surface area contributed by atoms with Crippen LogP contribution in [-0.2, 0) is 16.0 Å². The molecule has 4 aromatic rings. The second-order valence-corrected chi connectivity index (χ2v) is 13.8. The smallest absolute Gasteiger partial charge is 0.404 e. The maximum Gasteiger partial charge on any atom is 0.404 e. The number of carbonyl (C=O) groups excluding carboxylic acids is 3. The predicted octanol–water partition coefficient (Wildman–Crippen LogP) is 4.06. The maximum atomic E-state index is 13.7. The van der Waals surface area contributed by atoms with Gasteiger partial charge >= 0.3 is 6.09 Å². The average Bonchev–Trinajstić information content (AvgIpc) is 3.70. The first kappa shape index (κ1) is 36.2. The lowest BCUT2D eigenvalue weighted by Crippen LogP contribution is -2.48. The molecule has 1 saturated carbocycles. The van der Waals surface area contributed by atoms with E-state index in [-0.39, 0.29) is 42.0 Å². The summed E-state index contributed by atoms with van der Waals surface area (Å²) in [4.78, 5) is 51.3. The van der Waals surface area contributed by atoms with Crippen molar-refractivity contribution in [3.8, 4) is 22.5 Å². The minimum absolute atomic E-state index is 0.0760. The molecule has 272 valence electrons. The molecule has 6 rings (SSSR count). The van der Waals surface area contributed by atoms with E-state index in [1.54, 1.807) is 24.3 Å². The van der Waals surface area contributed by atoms with Gasteiger partial charge in [-0.2, -0.15) is 5.21 Å². The number of benzene rings is 3. The minimum atomic E-state index is -1.05. The summed E-state index contributed by atoms with van der Waals surface area (Å²) in [6.07, 6.45) is 3.71. The number of carbonyl (C=O) groups is 4. The number of nitrogens with zero attached hydrogens (tertiary/aromatic N) is 3. The topological polar surface area (TPSA) is 203 Å². The van der Waals surface area contributed by atoms with Crippen molar-refractivity contribution in [2.24, 2.45) is 11.8 Å². The Labute approximate surface area is 301 Å². The van der Waals surface area contributed by atoms with Gasteiger partial charge in [-0.25, -0.2) is 4.79 Å². The van der Waals surface area contributed by atoms with Gasteiger partial charge in [0.05, 0.1) is 0 Å². The Kier molecular flexibility index (Phi) is 11.9. The summed E-state index contributed by atoms with van der Waals surface area (Å²) in [7, 11) is 0. The van der Waals surface area contributed by atoms with Crippen molar-refractivity contribution in [2.75, 3.05) is 25.0 Å². The van der Waals surface area contributed by atoms with Crippen LogP contribution in [0.1, 0.15) is 60.0 Å². The molecule has 2 heterocycles. The molecule has 1 atom stereocenters. The first-order chi connectivity index (χ1) is 25.2. The van der Waals surface area contributed by atoms with Gasteiger partial charge in [0, 0.05) is 41.7 Å². The van der Waals surface area contributed by atoms with Gasteiger partial charge in [-0.15, -0.1) is 10.2 Å². The van der Waals surface area contributed by atoms with Crippen molar-refractivity contribution in [1.29, 1.82) is 0 Å². The summed E-state index contributed by atoms with van der Waals surface area (Å²) in [6.45, 7) is 4.13. The Balaban J connectivity index is 1.14. The number of rotatable bonds is 12. The third-order valence-corrected chi connectivity index (χ3v) is 9.89. The van der Waals surface area contributed by atoms with Gasteiger partial charge in [0.1, 0.15) is 6.04 Å². The highest BCUT2D eigenvalue weighted by molar-refractivity contribution is 5.98. The lowest BCUT2D eigenvalue weighted by molar-refractivity contribution is -0.130. The number of amides is 4. The van der Waals surface area contributed by atoms with Crippen LogP contribution in [0, 0.1) is 18.8 Å². The molecule has 52 heavy (non-hydrogen) atoms. The Morgan fingerprint density at radius 2 is 1.58 bits per heavy atom. The Morgan fingerprint density at radius 3 is 2.25 bits per heavy atom. The van der Waals surface area contributed by atoms with Gasteiger partial charge in [-0.3, -0.25) is 14.4 Å². The molecule has 2 fully saturated rings. The molecule has 2 aliphatic rings. The number of nitrogens with one attached hydrogen (secondary N) is 6. The number of carboxylic acid groups (broad SMARTS) is 1. The number of H-pyrrole nitrogens is 1. The number of aryl methyl sites for hydroxylation is 1. The van der Waals surface area contributed by atoms with E-state index in [0.717, 1.165) is 66.6 Å². The number of anilines is 1. The van der Waals surface area contributed by atoms with Gasteiger partial charge in [0.15, 0.2) is 0 Å². The second kappa shape index (κ2) is 17.1. The van der Waals surface area contributed by atoms with Crippen LogP contribution in [0.5, 0.6) is 0 Å². The van der Waals surface area contributed by atoms with Crippen LogP contribution in [0.15, 0.2) is 66.7 Å². The lowest BCUT2D eigenvalue weighted by Gasteiger charge is -2.29. The number of aromatic nitrogens is 4. The summed E-state index contributed by atoms with van der Waals surface area (Å²) in [5.41, 5.74) is 5.60. The van der Waals surface area contributed by atoms with Crippen molar-refractivity contribution in [2.45, 2.75) is 64.0 Å². The molecule has 0 bridgehead atoms. The molecule has 0 unspecified atom stereocenters. The van der Waals surface area contributed by atoms with E-state index < -0.39 is 12.1 Å². The maximum absolute atomic E-state index is 13.7. The molecule has 14 nitrogen and oxygen atoms in total. The number of aromatic amines is 1. The molecule has 4 amide bonds. The third kappa shape index (κ3) is 9.78. The van der Waals surface area contributed by atoms with Gasteiger partial charge in [0.25, 0.3) is 5.91 Å². The van der Waals surface area contributed by atoms with Crippen molar-refractivity contribution in [1.82, 2.24) is 41.9 Å². The predicted molar refractivity (Wildman–Crippen MR) is 195 cm³/mol. The second-order valence-electron chi connectivity index (χ2n) is 13.8. The zero-order chi connectivity index (χ0) is 36.5. The molecule has 7 N–H and O–H groups in total. The summed E-state index contributed by atoms with van der Waals surface area (Å²) in [6, 6.07) is 20.0. The Hall–Kier alpha value is -5.63. The molecule has 0 radical (unpaired) electrons. The van der Waals surface area contributed by atoms with Crippen LogP contribution in [0.3, 0.4) is 0 Å².